The number of benzene rings is 3. The maximum Gasteiger partial charge on any atom is 0.435 e. The molecule has 0 atom stereocenters. The van der Waals surface area contributed by atoms with Gasteiger partial charge in [-0.05, 0) is 42.7 Å². The van der Waals surface area contributed by atoms with Gasteiger partial charge in [-0.1, -0.05) is 95.5 Å². The highest BCUT2D eigenvalue weighted by atomic mass is 35.6. The number of nitrogens with two attached hydrogens (primary N) is 2. The molecule has 0 aliphatic carbocycles. The molecule has 0 aromatic heterocycles. The average Bonchev–Trinajstić information content (AvgIpc) is 2.90. The zero-order valence-corrected chi connectivity index (χ0v) is 25.3. The number of alkyl halides is 3. The van der Waals surface area contributed by atoms with Crippen LogP contribution in [0.15, 0.2) is 82.7 Å². The number of aliphatic imine (C=N–C) groups is 1. The molecule has 0 spiro atoms. The molecular weight excluding hydrogens is 611 g/mol. The number of ether oxygens (including phenoxy) is 1. The van der Waals surface area contributed by atoms with Crippen LogP contribution in [0.1, 0.15) is 30.5 Å². The Hall–Kier alpha value is -3.15. The smallest absolute Gasteiger partial charge is 0.435 e. The van der Waals surface area contributed by atoms with Crippen LogP contribution in [-0.4, -0.2) is 47.6 Å². The second kappa shape index (κ2) is 13.7. The van der Waals surface area contributed by atoms with E-state index in [1.807, 2.05) is 19.9 Å². The Bertz CT molecular complexity index is 1540. The lowest BCUT2D eigenvalue weighted by atomic mass is 10.0. The minimum Gasteiger partial charge on any atom is -0.443 e. The van der Waals surface area contributed by atoms with Crippen LogP contribution in [0.4, 0.5) is 4.79 Å². The monoisotopic (exact) mass is 638 g/mol. The van der Waals surface area contributed by atoms with Crippen LogP contribution in [-0.2, 0) is 32.5 Å². The summed E-state index contributed by atoms with van der Waals surface area (Å²) in [6, 6.07) is 20.4. The molecule has 0 bridgehead atoms. The molecule has 0 aliphatic rings. The summed E-state index contributed by atoms with van der Waals surface area (Å²) in [6.45, 7) is 3.62. The van der Waals surface area contributed by atoms with Gasteiger partial charge in [-0.15, -0.1) is 0 Å². The van der Waals surface area contributed by atoms with Crippen molar-refractivity contribution in [3.05, 3.63) is 89.5 Å². The Kier molecular flexibility index (Phi) is 10.8. The Labute approximate surface area is 254 Å². The fourth-order valence-corrected chi connectivity index (χ4v) is 4.88. The van der Waals surface area contributed by atoms with Crippen molar-refractivity contribution in [3.8, 4) is 11.1 Å². The predicted octanol–water partition coefficient (Wildman–Crippen LogP) is 5.19. The molecule has 3 rings (SSSR count). The predicted molar refractivity (Wildman–Crippen MR) is 161 cm³/mol. The molecule has 218 valence electrons. The van der Waals surface area contributed by atoms with E-state index in [1.165, 1.54) is 6.07 Å². The Morgan fingerprint density at radius 1 is 0.976 bits per heavy atom. The summed E-state index contributed by atoms with van der Waals surface area (Å²) in [5, 5.41) is 5.36. The molecule has 41 heavy (non-hydrogen) atoms. The number of hydrogen-bond donors (Lipinski definition) is 2. The van der Waals surface area contributed by atoms with E-state index in [1.54, 1.807) is 65.6 Å². The largest absolute Gasteiger partial charge is 0.443 e. The van der Waals surface area contributed by atoms with Crippen LogP contribution in [0, 0.1) is 0 Å². The van der Waals surface area contributed by atoms with Crippen molar-refractivity contribution >= 4 is 62.7 Å². The molecule has 4 N–H and O–H groups in total. The van der Waals surface area contributed by atoms with Gasteiger partial charge in [-0.3, -0.25) is 4.79 Å². The van der Waals surface area contributed by atoms with Gasteiger partial charge < -0.3 is 15.4 Å². The van der Waals surface area contributed by atoms with Crippen molar-refractivity contribution in [1.82, 2.24) is 4.90 Å². The molecule has 9 nitrogen and oxygen atoms in total. The normalized spacial score (nSPS) is 12.3. The second-order valence-corrected chi connectivity index (χ2v) is 13.4. The molecule has 13 heteroatoms. The van der Waals surface area contributed by atoms with Gasteiger partial charge >= 0.3 is 6.09 Å². The first-order valence-corrected chi connectivity index (χ1v) is 15.0. The zero-order chi connectivity index (χ0) is 30.4. The molecule has 0 saturated heterocycles. The fourth-order valence-electron chi connectivity index (χ4n) is 3.95. The number of primary sulfonamides is 1. The third-order valence-corrected chi connectivity index (χ3v) is 7.20. The van der Waals surface area contributed by atoms with Gasteiger partial charge in [0.15, 0.2) is 0 Å². The highest BCUT2D eigenvalue weighted by Gasteiger charge is 2.22. The van der Waals surface area contributed by atoms with Crippen LogP contribution in [0.5, 0.6) is 0 Å². The van der Waals surface area contributed by atoms with Gasteiger partial charge in [0.2, 0.25) is 19.7 Å². The molecule has 0 heterocycles. The van der Waals surface area contributed by atoms with Gasteiger partial charge in [0.25, 0.3) is 0 Å². The van der Waals surface area contributed by atoms with Crippen molar-refractivity contribution in [2.24, 2.45) is 15.9 Å². The number of hydrogen-bond acceptors (Lipinski definition) is 5. The van der Waals surface area contributed by atoms with Gasteiger partial charge in [0.05, 0.1) is 11.3 Å². The van der Waals surface area contributed by atoms with E-state index in [-0.39, 0.29) is 35.6 Å². The molecule has 0 unspecified atom stereocenters. The first kappa shape index (κ1) is 32.4. The lowest BCUT2D eigenvalue weighted by Crippen LogP contribution is -2.37. The first-order valence-electron chi connectivity index (χ1n) is 12.3. The molecule has 0 radical (unpaired) electrons. The summed E-state index contributed by atoms with van der Waals surface area (Å²) in [5.41, 5.74) is 9.11. The van der Waals surface area contributed by atoms with Crippen LogP contribution in [0.3, 0.4) is 0 Å². The van der Waals surface area contributed by atoms with Crippen molar-refractivity contribution in [3.63, 3.8) is 0 Å². The average molecular weight is 640 g/mol. The molecule has 0 saturated carbocycles. The van der Waals surface area contributed by atoms with E-state index in [0.29, 0.717) is 16.7 Å². The van der Waals surface area contributed by atoms with Gasteiger partial charge in [0.1, 0.15) is 12.4 Å². The molecular formula is C28H29Cl3N4O5S. The molecule has 2 amide bonds. The van der Waals surface area contributed by atoms with E-state index in [9.17, 15) is 18.0 Å². The minimum atomic E-state index is -3.90. The standard InChI is InChI=1S/C28H29Cl3N4O5S/c1-18(2)35(16-20-6-5-7-22(14-20)26(32)34-27(37)40-17-28(29,30)31)25(36)15-19-10-12-21(13-11-19)23-8-3-4-9-24(23)41(33,38)39/h3-14,18H,15-17H2,1-2H3,(H2,32,34,37)(H2,33,38,39). The van der Waals surface area contributed by atoms with Crippen molar-refractivity contribution in [2.75, 3.05) is 6.61 Å². The van der Waals surface area contributed by atoms with Gasteiger partial charge in [-0.25, -0.2) is 18.4 Å². The molecule has 0 fully saturated rings. The lowest BCUT2D eigenvalue weighted by molar-refractivity contribution is -0.132. The quantitative estimate of drug-likeness (QED) is 0.187. The van der Waals surface area contributed by atoms with E-state index in [2.05, 4.69) is 4.99 Å². The Morgan fingerprint density at radius 3 is 2.24 bits per heavy atom. The zero-order valence-electron chi connectivity index (χ0n) is 22.3. The summed E-state index contributed by atoms with van der Waals surface area (Å²) in [4.78, 5) is 30.6. The third-order valence-electron chi connectivity index (χ3n) is 5.90. The number of carbonyl (C=O) groups is 2. The number of halogens is 3. The van der Waals surface area contributed by atoms with Crippen molar-refractivity contribution in [2.45, 2.75) is 41.5 Å². The Balaban J connectivity index is 1.72. The fraction of sp³-hybridized carbons (Fsp3) is 0.250. The topological polar surface area (TPSA) is 145 Å². The lowest BCUT2D eigenvalue weighted by Gasteiger charge is -2.27. The highest BCUT2D eigenvalue weighted by molar-refractivity contribution is 7.89. The summed E-state index contributed by atoms with van der Waals surface area (Å²) in [5.74, 6) is -0.201. The summed E-state index contributed by atoms with van der Waals surface area (Å²) in [6.07, 6.45) is -0.870. The van der Waals surface area contributed by atoms with E-state index in [4.69, 9.17) is 50.4 Å². The molecule has 3 aromatic rings. The van der Waals surface area contributed by atoms with Crippen molar-refractivity contribution < 1.29 is 22.7 Å². The maximum atomic E-state index is 13.3. The summed E-state index contributed by atoms with van der Waals surface area (Å²) in [7, 11) is -3.90. The van der Waals surface area contributed by atoms with Crippen LogP contribution in [0.25, 0.3) is 11.1 Å². The van der Waals surface area contributed by atoms with Crippen LogP contribution >= 0.6 is 34.8 Å². The number of carbonyl (C=O) groups excluding carboxylic acids is 2. The van der Waals surface area contributed by atoms with E-state index in [0.717, 1.165) is 11.1 Å². The van der Waals surface area contributed by atoms with E-state index < -0.39 is 26.5 Å². The number of nitrogens with zero attached hydrogens (tertiary/aromatic N) is 2. The number of rotatable bonds is 9. The van der Waals surface area contributed by atoms with Gasteiger partial charge in [0, 0.05) is 23.7 Å². The van der Waals surface area contributed by atoms with Gasteiger partial charge in [-0.2, -0.15) is 4.99 Å². The number of sulfonamides is 1. The Morgan fingerprint density at radius 2 is 1.63 bits per heavy atom. The summed E-state index contributed by atoms with van der Waals surface area (Å²) < 4.78 is 27.0. The van der Waals surface area contributed by atoms with Crippen molar-refractivity contribution in [1.29, 1.82) is 0 Å². The maximum absolute atomic E-state index is 13.3. The second-order valence-electron chi connectivity index (χ2n) is 9.40. The highest BCUT2D eigenvalue weighted by Crippen LogP contribution is 2.27. The van der Waals surface area contributed by atoms with E-state index >= 15 is 0 Å². The first-order chi connectivity index (χ1) is 19.1. The number of amidine groups is 1. The molecule has 0 aliphatic heterocycles. The summed E-state index contributed by atoms with van der Waals surface area (Å²) >= 11 is 16.7. The number of amides is 2. The minimum absolute atomic E-state index is 0.0300. The molecule has 3 aromatic carbocycles. The van der Waals surface area contributed by atoms with Crippen LogP contribution in [0.2, 0.25) is 0 Å². The van der Waals surface area contributed by atoms with Crippen LogP contribution < -0.4 is 10.9 Å². The third kappa shape index (κ3) is 9.72. The SMILES string of the molecule is CC(C)N(Cc1cccc(C(N)=NC(=O)OCC(Cl)(Cl)Cl)c1)C(=O)Cc1ccc(-c2ccccc2S(N)(=O)=O)cc1.